The van der Waals surface area contributed by atoms with Gasteiger partial charge in [-0.15, -0.1) is 11.3 Å². The number of anilines is 1. The van der Waals surface area contributed by atoms with Gasteiger partial charge in [-0.05, 0) is 60.2 Å². The summed E-state index contributed by atoms with van der Waals surface area (Å²) in [5.74, 6) is 6.23. The minimum atomic E-state index is -4.27. The number of carbonyl (C=O) groups excluding carboxylic acids is 1. The number of nitrogens with one attached hydrogen (secondary N) is 1. The van der Waals surface area contributed by atoms with Gasteiger partial charge in [0.2, 0.25) is 0 Å². The van der Waals surface area contributed by atoms with E-state index in [1.165, 1.54) is 6.07 Å². The summed E-state index contributed by atoms with van der Waals surface area (Å²) in [4.78, 5) is 16.2. The third-order valence-electron chi connectivity index (χ3n) is 5.13. The quantitative estimate of drug-likeness (QED) is 0.223. The summed E-state index contributed by atoms with van der Waals surface area (Å²) in [5.41, 5.74) is 3.73. The lowest BCUT2D eigenvalue weighted by Crippen LogP contribution is -2.09. The van der Waals surface area contributed by atoms with E-state index in [0.29, 0.717) is 23.2 Å². The van der Waals surface area contributed by atoms with E-state index in [4.69, 9.17) is 0 Å². The Bertz CT molecular complexity index is 1360. The first kappa shape index (κ1) is 28.6. The number of aryl methyl sites for hydroxylation is 2. The van der Waals surface area contributed by atoms with Crippen molar-refractivity contribution in [2.45, 2.75) is 40.3 Å². The molecule has 2 aromatic carbocycles. The molecule has 0 unspecified atom stereocenters. The number of hydrogen-bond donors (Lipinski definition) is 1. The molecule has 3 nitrogen and oxygen atoms in total. The fraction of sp³-hybridized carbons (Fsp3) is 0.241. The summed E-state index contributed by atoms with van der Waals surface area (Å²) in [7, 11) is 1.60. The van der Waals surface area contributed by atoms with E-state index in [2.05, 4.69) is 22.1 Å². The average Bonchev–Trinajstić information content (AvgIpc) is 3.37. The van der Waals surface area contributed by atoms with Crippen LogP contribution in [0.15, 0.2) is 60.1 Å². The van der Waals surface area contributed by atoms with Crippen molar-refractivity contribution in [1.29, 1.82) is 0 Å². The predicted molar refractivity (Wildman–Crippen MR) is 144 cm³/mol. The Morgan fingerprint density at radius 1 is 1.06 bits per heavy atom. The maximum Gasteiger partial charge on any atom is 0.416 e. The highest BCUT2D eigenvalue weighted by Gasteiger charge is 2.32. The summed E-state index contributed by atoms with van der Waals surface area (Å²) >= 11 is 1.62. The van der Waals surface area contributed by atoms with E-state index < -0.39 is 11.7 Å². The lowest BCUT2D eigenvalue weighted by atomic mass is 10.0. The van der Waals surface area contributed by atoms with Gasteiger partial charge in [0.25, 0.3) is 0 Å². The largest absolute Gasteiger partial charge is 0.416 e. The number of nitrogens with zero attached hydrogens (tertiary/aromatic N) is 1. The molecule has 0 fully saturated rings. The molecule has 4 aromatic rings. The number of aldehydes is 1. The zero-order chi connectivity index (χ0) is 26.7. The van der Waals surface area contributed by atoms with Crippen molar-refractivity contribution < 1.29 is 18.0 Å². The van der Waals surface area contributed by atoms with Gasteiger partial charge in [-0.2, -0.15) is 13.2 Å². The fourth-order valence-corrected chi connectivity index (χ4v) is 3.94. The molecule has 0 atom stereocenters. The van der Waals surface area contributed by atoms with Crippen LogP contribution in [0.1, 0.15) is 58.9 Å². The molecule has 2 heterocycles. The first-order valence-corrected chi connectivity index (χ1v) is 12.4. The Morgan fingerprint density at radius 3 is 2.44 bits per heavy atom. The standard InChI is InChI=1S/C17H11NOS.C10H12F3N.C2H6/c1-12-2-3-14(11-19)9-15(12)5-4-13-8-16-6-7-20-17(16)18-10-13;1-3-7-4-5-8(14-2)6-9(7)10(11,12)13;1-2/h2-3,6-11H,1H3;4-6,14H,3H2,1-2H3;1-2H3. The Morgan fingerprint density at radius 2 is 1.81 bits per heavy atom. The number of halogens is 3. The molecule has 7 heteroatoms. The Balaban J connectivity index is 0.000000252. The maximum absolute atomic E-state index is 12.5. The van der Waals surface area contributed by atoms with Gasteiger partial charge in [-0.3, -0.25) is 4.79 Å². The first-order valence-electron chi connectivity index (χ1n) is 11.5. The van der Waals surface area contributed by atoms with E-state index in [0.717, 1.165) is 39.3 Å². The molecule has 0 spiro atoms. The SMILES string of the molecule is CC.CCc1ccc(NC)cc1C(F)(F)F.Cc1ccc(C=O)cc1C#Cc1cnc2sccc2c1. The highest BCUT2D eigenvalue weighted by Crippen LogP contribution is 2.33. The minimum absolute atomic E-state index is 0.330. The second-order valence-corrected chi connectivity index (χ2v) is 8.35. The van der Waals surface area contributed by atoms with E-state index in [1.54, 1.807) is 43.6 Å². The third kappa shape index (κ3) is 7.69. The summed E-state index contributed by atoms with van der Waals surface area (Å²) in [5, 5.41) is 5.82. The van der Waals surface area contributed by atoms with E-state index in [-0.39, 0.29) is 0 Å². The van der Waals surface area contributed by atoms with Gasteiger partial charge in [0.05, 0.1) is 5.56 Å². The molecule has 0 aliphatic heterocycles. The number of benzene rings is 2. The summed E-state index contributed by atoms with van der Waals surface area (Å²) in [6.45, 7) is 7.70. The third-order valence-corrected chi connectivity index (χ3v) is 5.97. The number of carbonyl (C=O) groups is 1. The van der Waals surface area contributed by atoms with Gasteiger partial charge < -0.3 is 5.32 Å². The number of rotatable bonds is 3. The molecule has 0 aliphatic rings. The molecule has 0 bridgehead atoms. The number of fused-ring (bicyclic) bond motifs is 1. The first-order chi connectivity index (χ1) is 17.2. The maximum atomic E-state index is 12.5. The highest BCUT2D eigenvalue weighted by molar-refractivity contribution is 7.16. The molecule has 4 rings (SSSR count). The average molecular weight is 511 g/mol. The van der Waals surface area contributed by atoms with Gasteiger partial charge in [-0.25, -0.2) is 4.98 Å². The number of pyridine rings is 1. The Labute approximate surface area is 214 Å². The summed E-state index contributed by atoms with van der Waals surface area (Å²) in [6, 6.07) is 13.9. The molecule has 0 saturated heterocycles. The van der Waals surface area contributed by atoms with Crippen molar-refractivity contribution in [3.63, 3.8) is 0 Å². The van der Waals surface area contributed by atoms with Crippen molar-refractivity contribution >= 4 is 33.5 Å². The van der Waals surface area contributed by atoms with Crippen LogP contribution in [0.4, 0.5) is 18.9 Å². The van der Waals surface area contributed by atoms with E-state index in [9.17, 15) is 18.0 Å². The van der Waals surface area contributed by atoms with E-state index >= 15 is 0 Å². The molecule has 2 aromatic heterocycles. The zero-order valence-corrected chi connectivity index (χ0v) is 21.8. The summed E-state index contributed by atoms with van der Waals surface area (Å²) < 4.78 is 37.6. The van der Waals surface area contributed by atoms with Crippen molar-refractivity contribution in [2.75, 3.05) is 12.4 Å². The number of aromatic nitrogens is 1. The normalized spacial score (nSPS) is 10.2. The molecular formula is C29H29F3N2OS. The van der Waals surface area contributed by atoms with Crippen molar-refractivity contribution in [1.82, 2.24) is 4.98 Å². The minimum Gasteiger partial charge on any atom is -0.388 e. The predicted octanol–water partition coefficient (Wildman–Crippen LogP) is 8.15. The topological polar surface area (TPSA) is 42.0 Å². The highest BCUT2D eigenvalue weighted by atomic mass is 32.1. The van der Waals surface area contributed by atoms with E-state index in [1.807, 2.05) is 50.4 Å². The monoisotopic (exact) mass is 510 g/mol. The molecule has 0 amide bonds. The van der Waals surface area contributed by atoms with Crippen LogP contribution >= 0.6 is 11.3 Å². The van der Waals surface area contributed by atoms with Crippen LogP contribution in [0.2, 0.25) is 0 Å². The fourth-order valence-electron chi connectivity index (χ4n) is 3.22. The number of alkyl halides is 3. The van der Waals surface area contributed by atoms with Gasteiger partial charge in [0.15, 0.2) is 0 Å². The lowest BCUT2D eigenvalue weighted by molar-refractivity contribution is -0.138. The van der Waals surface area contributed by atoms with Crippen LogP contribution in [0.25, 0.3) is 10.2 Å². The van der Waals surface area contributed by atoms with Gasteiger partial charge >= 0.3 is 6.18 Å². The molecule has 36 heavy (non-hydrogen) atoms. The molecular weight excluding hydrogens is 481 g/mol. The van der Waals surface area contributed by atoms with Crippen LogP contribution in [0.5, 0.6) is 0 Å². The molecule has 1 N–H and O–H groups in total. The Kier molecular flexibility index (Phi) is 10.7. The Hall–Kier alpha value is -3.63. The molecule has 0 saturated carbocycles. The van der Waals surface area contributed by atoms with Crippen LogP contribution in [-0.4, -0.2) is 18.3 Å². The van der Waals surface area contributed by atoms with Crippen LogP contribution < -0.4 is 5.32 Å². The van der Waals surface area contributed by atoms with Crippen molar-refractivity contribution in [3.8, 4) is 11.8 Å². The van der Waals surface area contributed by atoms with Gasteiger partial charge in [0.1, 0.15) is 11.1 Å². The molecule has 0 aliphatic carbocycles. The lowest BCUT2D eigenvalue weighted by Gasteiger charge is -2.13. The van der Waals surface area contributed by atoms with Gasteiger partial charge in [-0.1, -0.05) is 50.8 Å². The van der Waals surface area contributed by atoms with Crippen molar-refractivity contribution in [2.24, 2.45) is 0 Å². The molecule has 0 radical (unpaired) electrons. The molecule has 188 valence electrons. The number of thiophene rings is 1. The second kappa shape index (κ2) is 13.5. The van der Waals surface area contributed by atoms with Crippen LogP contribution in [0.3, 0.4) is 0 Å². The number of hydrogen-bond acceptors (Lipinski definition) is 4. The second-order valence-electron chi connectivity index (χ2n) is 7.45. The zero-order valence-electron chi connectivity index (χ0n) is 21.0. The van der Waals surface area contributed by atoms with Crippen LogP contribution in [0, 0.1) is 18.8 Å². The van der Waals surface area contributed by atoms with Gasteiger partial charge in [0, 0.05) is 41.0 Å². The van der Waals surface area contributed by atoms with Crippen molar-refractivity contribution in [3.05, 3.63) is 93.5 Å². The van der Waals surface area contributed by atoms with Crippen LogP contribution in [-0.2, 0) is 12.6 Å². The summed E-state index contributed by atoms with van der Waals surface area (Å²) in [6.07, 6.45) is -1.26. The smallest absolute Gasteiger partial charge is 0.388 e.